The third-order valence-electron chi connectivity index (χ3n) is 3.24. The fourth-order valence-corrected chi connectivity index (χ4v) is 4.01. The smallest absolute Gasteiger partial charge is 0.324 e. The second kappa shape index (κ2) is 6.07. The van der Waals surface area contributed by atoms with E-state index < -0.39 is 38.6 Å². The molecule has 0 radical (unpaired) electrons. The number of rotatable bonds is 4. The van der Waals surface area contributed by atoms with Crippen LogP contribution in [0, 0.1) is 11.6 Å². The fraction of sp³-hybridized carbons (Fsp3) is 0.462. The first-order chi connectivity index (χ1) is 9.87. The van der Waals surface area contributed by atoms with Crippen LogP contribution in [-0.4, -0.2) is 37.9 Å². The van der Waals surface area contributed by atoms with Gasteiger partial charge < -0.3 is 4.74 Å². The molecular weight excluding hydrogens is 304 g/mol. The summed E-state index contributed by atoms with van der Waals surface area (Å²) in [5, 5.41) is 0. The van der Waals surface area contributed by atoms with Gasteiger partial charge in [-0.25, -0.2) is 17.2 Å². The summed E-state index contributed by atoms with van der Waals surface area (Å²) in [5.74, 6) is -2.69. The summed E-state index contributed by atoms with van der Waals surface area (Å²) in [6, 6.07) is 1.27. The van der Waals surface area contributed by atoms with E-state index in [9.17, 15) is 22.0 Å². The first-order valence-electron chi connectivity index (χ1n) is 6.51. The minimum Gasteiger partial charge on any atom is -0.465 e. The SMILES string of the molecule is CCOC(=O)C1CCCN1S(=O)(=O)c1ccc(F)cc1F. The number of esters is 1. The Morgan fingerprint density at radius 3 is 2.76 bits per heavy atom. The van der Waals surface area contributed by atoms with E-state index in [-0.39, 0.29) is 13.2 Å². The minimum atomic E-state index is -4.21. The molecule has 8 heteroatoms. The second-order valence-corrected chi connectivity index (χ2v) is 6.46. The highest BCUT2D eigenvalue weighted by molar-refractivity contribution is 7.89. The summed E-state index contributed by atoms with van der Waals surface area (Å²) >= 11 is 0. The molecule has 1 saturated heterocycles. The maximum atomic E-state index is 13.7. The van der Waals surface area contributed by atoms with E-state index >= 15 is 0 Å². The topological polar surface area (TPSA) is 63.7 Å². The first-order valence-corrected chi connectivity index (χ1v) is 7.95. The van der Waals surface area contributed by atoms with Crippen LogP contribution >= 0.6 is 0 Å². The lowest BCUT2D eigenvalue weighted by Crippen LogP contribution is -2.41. The Labute approximate surface area is 121 Å². The summed E-state index contributed by atoms with van der Waals surface area (Å²) in [7, 11) is -4.21. The van der Waals surface area contributed by atoms with Gasteiger partial charge in [0.05, 0.1) is 6.61 Å². The normalized spacial score (nSPS) is 19.7. The van der Waals surface area contributed by atoms with Crippen LogP contribution < -0.4 is 0 Å². The van der Waals surface area contributed by atoms with Crippen LogP contribution in [0.2, 0.25) is 0 Å². The van der Waals surface area contributed by atoms with Crippen LogP contribution in [0.5, 0.6) is 0 Å². The van der Waals surface area contributed by atoms with Crippen molar-refractivity contribution in [3.63, 3.8) is 0 Å². The second-order valence-electron chi connectivity index (χ2n) is 4.60. The number of ether oxygens (including phenoxy) is 1. The van der Waals surface area contributed by atoms with Crippen molar-refractivity contribution < 1.29 is 26.7 Å². The van der Waals surface area contributed by atoms with Gasteiger partial charge in [0.2, 0.25) is 10.0 Å². The number of sulfonamides is 1. The maximum Gasteiger partial charge on any atom is 0.324 e. The molecule has 2 rings (SSSR count). The lowest BCUT2D eigenvalue weighted by molar-refractivity contribution is -0.146. The number of hydrogen-bond acceptors (Lipinski definition) is 4. The molecule has 1 atom stereocenters. The number of halogens is 2. The molecule has 116 valence electrons. The van der Waals surface area contributed by atoms with Crippen LogP contribution in [0.3, 0.4) is 0 Å². The summed E-state index contributed by atoms with van der Waals surface area (Å²) in [4.78, 5) is 11.2. The molecule has 0 N–H and O–H groups in total. The molecule has 21 heavy (non-hydrogen) atoms. The molecule has 1 fully saturated rings. The van der Waals surface area contributed by atoms with E-state index in [2.05, 4.69) is 0 Å². The van der Waals surface area contributed by atoms with Crippen molar-refractivity contribution in [2.75, 3.05) is 13.2 Å². The highest BCUT2D eigenvalue weighted by atomic mass is 32.2. The Balaban J connectivity index is 2.36. The highest BCUT2D eigenvalue weighted by Gasteiger charge is 2.41. The van der Waals surface area contributed by atoms with Crippen molar-refractivity contribution in [3.8, 4) is 0 Å². The summed E-state index contributed by atoms with van der Waals surface area (Å²) in [5.41, 5.74) is 0. The highest BCUT2D eigenvalue weighted by Crippen LogP contribution is 2.28. The van der Waals surface area contributed by atoms with Crippen molar-refractivity contribution in [2.45, 2.75) is 30.7 Å². The number of carbonyl (C=O) groups is 1. The van der Waals surface area contributed by atoms with E-state index in [1.54, 1.807) is 6.92 Å². The Morgan fingerprint density at radius 1 is 1.43 bits per heavy atom. The lowest BCUT2D eigenvalue weighted by Gasteiger charge is -2.22. The number of hydrogen-bond donors (Lipinski definition) is 0. The first kappa shape index (κ1) is 15.8. The number of carbonyl (C=O) groups excluding carboxylic acids is 1. The molecule has 1 heterocycles. The third kappa shape index (κ3) is 3.06. The molecule has 0 aromatic heterocycles. The van der Waals surface area contributed by atoms with Gasteiger partial charge in [-0.1, -0.05) is 0 Å². The Hall–Kier alpha value is -1.54. The van der Waals surface area contributed by atoms with E-state index in [0.717, 1.165) is 16.4 Å². The lowest BCUT2D eigenvalue weighted by atomic mass is 10.2. The summed E-state index contributed by atoms with van der Waals surface area (Å²) < 4.78 is 57.2. The molecule has 1 aromatic rings. The van der Waals surface area contributed by atoms with Crippen LogP contribution in [0.4, 0.5) is 8.78 Å². The fourth-order valence-electron chi connectivity index (χ4n) is 2.31. The van der Waals surface area contributed by atoms with Gasteiger partial charge in [0.1, 0.15) is 22.6 Å². The molecule has 1 unspecified atom stereocenters. The Bertz CT molecular complexity index is 648. The van der Waals surface area contributed by atoms with Crippen molar-refractivity contribution in [1.29, 1.82) is 0 Å². The van der Waals surface area contributed by atoms with Crippen LogP contribution in [-0.2, 0) is 19.6 Å². The quantitative estimate of drug-likeness (QED) is 0.792. The predicted octanol–water partition coefficient (Wildman–Crippen LogP) is 1.68. The van der Waals surface area contributed by atoms with Crippen molar-refractivity contribution in [2.24, 2.45) is 0 Å². The maximum absolute atomic E-state index is 13.7. The molecule has 0 bridgehead atoms. The molecule has 1 aromatic carbocycles. The molecule has 1 aliphatic rings. The minimum absolute atomic E-state index is 0.0998. The standard InChI is InChI=1S/C13H15F2NO4S/c1-2-20-13(17)11-4-3-7-16(11)21(18,19)12-6-5-9(14)8-10(12)15/h5-6,8,11H,2-4,7H2,1H3. The third-order valence-corrected chi connectivity index (χ3v) is 5.18. The van der Waals surface area contributed by atoms with Gasteiger partial charge in [-0.05, 0) is 31.9 Å². The van der Waals surface area contributed by atoms with Gasteiger partial charge in [-0.15, -0.1) is 0 Å². The van der Waals surface area contributed by atoms with Gasteiger partial charge >= 0.3 is 5.97 Å². The van der Waals surface area contributed by atoms with Crippen LogP contribution in [0.25, 0.3) is 0 Å². The zero-order valence-electron chi connectivity index (χ0n) is 11.4. The molecule has 1 aliphatic heterocycles. The van der Waals surface area contributed by atoms with E-state index in [1.165, 1.54) is 0 Å². The van der Waals surface area contributed by atoms with E-state index in [1.807, 2.05) is 0 Å². The van der Waals surface area contributed by atoms with Gasteiger partial charge in [0.25, 0.3) is 0 Å². The predicted molar refractivity (Wildman–Crippen MR) is 69.9 cm³/mol. The number of benzene rings is 1. The van der Waals surface area contributed by atoms with Crippen molar-refractivity contribution in [3.05, 3.63) is 29.8 Å². The van der Waals surface area contributed by atoms with Gasteiger partial charge in [0.15, 0.2) is 0 Å². The van der Waals surface area contributed by atoms with Gasteiger partial charge in [-0.3, -0.25) is 4.79 Å². The monoisotopic (exact) mass is 319 g/mol. The Kier molecular flexibility index (Phi) is 4.58. The van der Waals surface area contributed by atoms with Gasteiger partial charge in [-0.2, -0.15) is 4.31 Å². The average molecular weight is 319 g/mol. The Morgan fingerprint density at radius 2 is 2.14 bits per heavy atom. The van der Waals surface area contributed by atoms with E-state index in [0.29, 0.717) is 18.9 Å². The average Bonchev–Trinajstić information content (AvgIpc) is 2.88. The van der Waals surface area contributed by atoms with Crippen LogP contribution in [0.15, 0.2) is 23.1 Å². The molecule has 0 aliphatic carbocycles. The van der Waals surface area contributed by atoms with Crippen molar-refractivity contribution in [1.82, 2.24) is 4.31 Å². The van der Waals surface area contributed by atoms with Gasteiger partial charge in [0, 0.05) is 12.6 Å². The number of nitrogens with zero attached hydrogens (tertiary/aromatic N) is 1. The summed E-state index contributed by atoms with van der Waals surface area (Å²) in [6.07, 6.45) is 0.798. The molecular formula is C13H15F2NO4S. The van der Waals surface area contributed by atoms with Crippen LogP contribution in [0.1, 0.15) is 19.8 Å². The van der Waals surface area contributed by atoms with Crippen molar-refractivity contribution >= 4 is 16.0 Å². The zero-order valence-corrected chi connectivity index (χ0v) is 12.2. The molecule has 0 saturated carbocycles. The largest absolute Gasteiger partial charge is 0.465 e. The van der Waals surface area contributed by atoms with E-state index in [4.69, 9.17) is 4.74 Å². The molecule has 5 nitrogen and oxygen atoms in total. The molecule has 0 amide bonds. The zero-order chi connectivity index (χ0) is 15.6. The summed E-state index contributed by atoms with van der Waals surface area (Å²) in [6.45, 7) is 1.85. The molecule has 0 spiro atoms.